The summed E-state index contributed by atoms with van der Waals surface area (Å²) in [6, 6.07) is 15.3. The molecule has 6 heteroatoms. The molecule has 2 heterocycles. The lowest BCUT2D eigenvalue weighted by Crippen LogP contribution is -2.33. The molecule has 0 atom stereocenters. The summed E-state index contributed by atoms with van der Waals surface area (Å²) in [6.07, 6.45) is -11.6. The number of nitrogens with zero attached hydrogens (tertiary/aromatic N) is 1. The van der Waals surface area contributed by atoms with Gasteiger partial charge in [0.25, 0.3) is 0 Å². The fraction of sp³-hybridized carbons (Fsp3) is 0.250. The lowest BCUT2D eigenvalue weighted by molar-refractivity contribution is 0.104. The fourth-order valence-corrected chi connectivity index (χ4v) is 4.59. The molecule has 0 aliphatic carbocycles. The van der Waals surface area contributed by atoms with Crippen molar-refractivity contribution in [1.29, 1.82) is 0 Å². The molecule has 5 rings (SSSR count). The number of likely N-dealkylation sites (tertiary alicyclic amines) is 1. The van der Waals surface area contributed by atoms with Crippen LogP contribution in [-0.2, 0) is 0 Å². The average Bonchev–Trinajstić information content (AvgIpc) is 3.34. The topological polar surface area (TPSA) is 70.0 Å². The minimum absolute atomic E-state index is 0.0103. The number of phenols is 2. The number of aromatic hydroxyl groups is 2. The van der Waals surface area contributed by atoms with Crippen LogP contribution < -0.4 is 4.74 Å². The molecule has 174 valence electrons. The van der Waals surface area contributed by atoms with E-state index in [1.54, 1.807) is 18.2 Å². The van der Waals surface area contributed by atoms with E-state index < -0.39 is 61.6 Å². The number of ether oxygens (including phenoxy) is 1. The Labute approximate surface area is 222 Å². The third kappa shape index (κ3) is 4.79. The highest BCUT2D eigenvalue weighted by molar-refractivity contribution is 7.22. The van der Waals surface area contributed by atoms with E-state index in [0.29, 0.717) is 20.5 Å². The number of benzene rings is 3. The summed E-state index contributed by atoms with van der Waals surface area (Å²) < 4.78 is 120. The van der Waals surface area contributed by atoms with E-state index in [-0.39, 0.29) is 22.6 Å². The average molecular weight is 488 g/mol. The Morgan fingerprint density at radius 2 is 1.68 bits per heavy atom. The number of thiophene rings is 1. The fourth-order valence-electron chi connectivity index (χ4n) is 3.36. The normalized spacial score (nSPS) is 28.7. The van der Waals surface area contributed by atoms with Gasteiger partial charge in [-0.1, -0.05) is 6.37 Å². The first-order valence-electron chi connectivity index (χ1n) is 17.0. The molecular formula is C28H27NO4S. The van der Waals surface area contributed by atoms with Crippen LogP contribution in [0.5, 0.6) is 17.2 Å². The Kier molecular flexibility index (Phi) is 3.31. The van der Waals surface area contributed by atoms with Crippen molar-refractivity contribution in [3.05, 3.63) is 77.9 Å². The number of rotatable bonds is 7. The molecule has 5 nitrogen and oxygen atoms in total. The minimum Gasteiger partial charge on any atom is -0.508 e. The molecule has 3 aromatic carbocycles. The highest BCUT2D eigenvalue weighted by atomic mass is 32.1. The first-order valence-corrected chi connectivity index (χ1v) is 10.8. The highest BCUT2D eigenvalue weighted by Gasteiger charge is 2.22. The number of fused-ring (bicyclic) bond motifs is 1. The van der Waals surface area contributed by atoms with E-state index in [4.69, 9.17) is 23.9 Å². The molecule has 1 aliphatic heterocycles. The molecule has 0 radical (unpaired) electrons. The summed E-state index contributed by atoms with van der Waals surface area (Å²) in [6.45, 7) is -15.6. The van der Waals surface area contributed by atoms with Crippen LogP contribution >= 0.6 is 11.3 Å². The molecular weight excluding hydrogens is 446 g/mol. The predicted molar refractivity (Wildman–Crippen MR) is 136 cm³/mol. The van der Waals surface area contributed by atoms with Crippen LogP contribution in [-0.4, -0.2) is 46.9 Å². The van der Waals surface area contributed by atoms with Gasteiger partial charge in [-0.2, -0.15) is 0 Å². The zero-order valence-corrected chi connectivity index (χ0v) is 18.2. The van der Waals surface area contributed by atoms with Crippen molar-refractivity contribution < 1.29 is 38.9 Å². The number of carbonyl (C=O) groups excluding carboxylic acids is 1. The van der Waals surface area contributed by atoms with Crippen molar-refractivity contribution in [1.82, 2.24) is 4.90 Å². The van der Waals surface area contributed by atoms with Crippen molar-refractivity contribution in [2.75, 3.05) is 26.0 Å². The zero-order valence-electron chi connectivity index (χ0n) is 31.4. The van der Waals surface area contributed by atoms with Crippen molar-refractivity contribution in [3.63, 3.8) is 0 Å². The first kappa shape index (κ1) is 11.4. The number of carbonyl (C=O) groups is 1. The molecule has 4 aromatic rings. The molecule has 1 fully saturated rings. The second-order valence-corrected chi connectivity index (χ2v) is 8.19. The molecule has 0 bridgehead atoms. The Bertz CT molecular complexity index is 1860. The van der Waals surface area contributed by atoms with Gasteiger partial charge in [-0.05, 0) is 98.0 Å². The highest BCUT2D eigenvalue weighted by Crippen LogP contribution is 2.41. The molecule has 2 N–H and O–H groups in total. The lowest BCUT2D eigenvalue weighted by atomic mass is 9.97. The molecule has 0 amide bonds. The quantitative estimate of drug-likeness (QED) is 0.309. The molecule has 1 aromatic heterocycles. The standard InChI is InChI=1S/C28H27NO4S/c30-21-8-4-20(5-9-21)28-26(24-13-10-22(31)18-25(24)34-28)27(32)19-6-11-23(12-7-19)33-17-16-29-14-2-1-3-15-29/h4-13,18,30-31H,1-3,14-17H2/i1D2,2D2,3D2,14D2,15D2,16D2,17D2. The third-order valence-electron chi connectivity index (χ3n) is 4.93. The minimum atomic E-state index is -3.97. The molecule has 0 saturated carbocycles. The van der Waals surface area contributed by atoms with Gasteiger partial charge >= 0.3 is 0 Å². The van der Waals surface area contributed by atoms with E-state index in [1.807, 2.05) is 0 Å². The molecule has 1 saturated heterocycles. The number of phenolic OH excluding ortho intramolecular Hbond substituents is 2. The largest absolute Gasteiger partial charge is 0.508 e. The lowest BCUT2D eigenvalue weighted by Gasteiger charge is -2.26. The summed E-state index contributed by atoms with van der Waals surface area (Å²) in [5, 5.41) is 20.3. The predicted octanol–water partition coefficient (Wildman–Crippen LogP) is 6.08. The van der Waals surface area contributed by atoms with Crippen LogP contribution in [0.1, 0.15) is 54.2 Å². The molecule has 1 aliphatic rings. The summed E-state index contributed by atoms with van der Waals surface area (Å²) in [4.78, 5) is 13.8. The van der Waals surface area contributed by atoms with Crippen molar-refractivity contribution in [3.8, 4) is 27.7 Å². The van der Waals surface area contributed by atoms with Crippen LogP contribution in [0.15, 0.2) is 66.7 Å². The third-order valence-corrected chi connectivity index (χ3v) is 6.14. The Morgan fingerprint density at radius 3 is 2.41 bits per heavy atom. The first-order chi connectivity index (χ1) is 21.8. The van der Waals surface area contributed by atoms with Gasteiger partial charge in [0.05, 0.1) is 2.74 Å². The molecule has 34 heavy (non-hydrogen) atoms. The number of hydrogen-bond acceptors (Lipinski definition) is 6. The maximum absolute atomic E-state index is 13.9. The van der Waals surface area contributed by atoms with Crippen LogP contribution in [0.25, 0.3) is 20.5 Å². The summed E-state index contributed by atoms with van der Waals surface area (Å²) in [5.74, 6) is -0.921. The zero-order chi connectivity index (χ0) is 36.0. The van der Waals surface area contributed by atoms with Crippen molar-refractivity contribution in [2.24, 2.45) is 0 Å². The van der Waals surface area contributed by atoms with Crippen molar-refractivity contribution >= 4 is 27.2 Å². The SMILES string of the molecule is [2H]C([2H])(Oc1ccc(C(=O)c2c(-c3ccc(O)cc3)sc3cc(O)ccc23)cc1)C([2H])([2H])N1C([2H])([2H])C([2H])([2H])C([2H])([2H])C([2H])([2H])C1([2H])[2H]. The maximum atomic E-state index is 13.9. The Hall–Kier alpha value is -3.35. The van der Waals surface area contributed by atoms with E-state index in [1.165, 1.54) is 47.7 Å². The van der Waals surface area contributed by atoms with Gasteiger partial charge in [0.15, 0.2) is 5.78 Å². The van der Waals surface area contributed by atoms with Gasteiger partial charge < -0.3 is 14.9 Å². The maximum Gasteiger partial charge on any atom is 0.195 e. The van der Waals surface area contributed by atoms with Crippen LogP contribution in [0.4, 0.5) is 0 Å². The van der Waals surface area contributed by atoms with E-state index in [2.05, 4.69) is 0 Å². The number of ketones is 1. The van der Waals surface area contributed by atoms with Crippen LogP contribution in [0.2, 0.25) is 0 Å². The number of piperidine rings is 1. The van der Waals surface area contributed by atoms with Gasteiger partial charge in [0.1, 0.15) is 23.8 Å². The monoisotopic (exact) mass is 487 g/mol. The van der Waals surface area contributed by atoms with Crippen molar-refractivity contribution in [2.45, 2.75) is 19.1 Å². The molecule has 0 spiro atoms. The second kappa shape index (κ2) is 9.87. The van der Waals surface area contributed by atoms with Gasteiger partial charge in [-0.15, -0.1) is 11.3 Å². The van der Waals surface area contributed by atoms with Gasteiger partial charge in [-0.25, -0.2) is 0 Å². The van der Waals surface area contributed by atoms with Gasteiger partial charge in [0, 0.05) is 49.0 Å². The van der Waals surface area contributed by atoms with Crippen LogP contribution in [0, 0.1) is 0 Å². The molecule has 0 unspecified atom stereocenters. The van der Waals surface area contributed by atoms with E-state index in [0.717, 1.165) is 12.1 Å². The van der Waals surface area contributed by atoms with Gasteiger partial charge in [-0.3, -0.25) is 9.69 Å². The van der Waals surface area contributed by atoms with Crippen LogP contribution in [0.3, 0.4) is 0 Å². The van der Waals surface area contributed by atoms with Gasteiger partial charge in [0.2, 0.25) is 0 Å². The van der Waals surface area contributed by atoms with E-state index >= 15 is 0 Å². The second-order valence-electron chi connectivity index (χ2n) is 7.14. The smallest absolute Gasteiger partial charge is 0.195 e. The Morgan fingerprint density at radius 1 is 0.971 bits per heavy atom. The van der Waals surface area contributed by atoms with E-state index in [9.17, 15) is 15.0 Å². The summed E-state index contributed by atoms with van der Waals surface area (Å²) >= 11 is 1.23. The number of hydrogen-bond donors (Lipinski definition) is 2. The summed E-state index contributed by atoms with van der Waals surface area (Å²) in [7, 11) is 0. The Balaban J connectivity index is 1.49. The summed E-state index contributed by atoms with van der Waals surface area (Å²) in [5.41, 5.74) is 0.941.